The van der Waals surface area contributed by atoms with E-state index in [1.54, 1.807) is 6.92 Å². The normalized spacial score (nSPS) is 15.7. The van der Waals surface area contributed by atoms with Crippen molar-refractivity contribution >= 4 is 17.3 Å². The van der Waals surface area contributed by atoms with E-state index in [0.29, 0.717) is 31.2 Å². The number of aromatic nitrogens is 2. The fraction of sp³-hybridized carbons (Fsp3) is 0.412. The number of H-pyrrole nitrogens is 1. The Bertz CT molecular complexity index is 706. The van der Waals surface area contributed by atoms with Gasteiger partial charge >= 0.3 is 5.97 Å². The Labute approximate surface area is 140 Å². The summed E-state index contributed by atoms with van der Waals surface area (Å²) >= 11 is 0. The van der Waals surface area contributed by atoms with E-state index in [2.05, 4.69) is 20.4 Å². The SMILES string of the molecule is CCOC(=O)c1[nH]nc(C2CCOCC2)c1N=Nc1ccccc1. The average Bonchev–Trinajstić information content (AvgIpc) is 3.06. The number of nitrogens with zero attached hydrogens (tertiary/aromatic N) is 3. The van der Waals surface area contributed by atoms with Crippen molar-refractivity contribution in [1.82, 2.24) is 10.2 Å². The molecule has 0 atom stereocenters. The van der Waals surface area contributed by atoms with E-state index in [9.17, 15) is 4.79 Å². The van der Waals surface area contributed by atoms with Gasteiger partial charge in [-0.2, -0.15) is 10.2 Å². The highest BCUT2D eigenvalue weighted by atomic mass is 16.5. The lowest BCUT2D eigenvalue weighted by molar-refractivity contribution is 0.0520. The summed E-state index contributed by atoms with van der Waals surface area (Å²) in [5, 5.41) is 15.6. The molecule has 1 aliphatic rings. The number of azo groups is 1. The summed E-state index contributed by atoms with van der Waals surface area (Å²) in [5.41, 5.74) is 2.18. The molecule has 0 spiro atoms. The third-order valence-corrected chi connectivity index (χ3v) is 3.88. The molecule has 2 aromatic rings. The molecule has 7 nitrogen and oxygen atoms in total. The van der Waals surface area contributed by atoms with E-state index >= 15 is 0 Å². The Kier molecular flexibility index (Phi) is 5.32. The minimum atomic E-state index is -0.467. The molecular formula is C17H20N4O3. The summed E-state index contributed by atoms with van der Waals surface area (Å²) in [7, 11) is 0. The summed E-state index contributed by atoms with van der Waals surface area (Å²) in [6, 6.07) is 9.38. The topological polar surface area (TPSA) is 88.9 Å². The lowest BCUT2D eigenvalue weighted by Crippen LogP contribution is -2.14. The molecule has 0 radical (unpaired) electrons. The third-order valence-electron chi connectivity index (χ3n) is 3.88. The highest BCUT2D eigenvalue weighted by molar-refractivity contribution is 5.93. The molecule has 1 aliphatic heterocycles. The smallest absolute Gasteiger partial charge is 0.358 e. The van der Waals surface area contributed by atoms with Crippen molar-refractivity contribution in [2.24, 2.45) is 10.2 Å². The van der Waals surface area contributed by atoms with Crippen LogP contribution in [-0.4, -0.2) is 36.0 Å². The zero-order valence-corrected chi connectivity index (χ0v) is 13.6. The summed E-state index contributed by atoms with van der Waals surface area (Å²) in [5.74, 6) is -0.270. The molecule has 0 amide bonds. The molecule has 1 aromatic heterocycles. The van der Waals surface area contributed by atoms with Gasteiger partial charge in [0.25, 0.3) is 0 Å². The van der Waals surface area contributed by atoms with Crippen molar-refractivity contribution in [3.63, 3.8) is 0 Å². The van der Waals surface area contributed by atoms with Crippen molar-refractivity contribution in [2.75, 3.05) is 19.8 Å². The van der Waals surface area contributed by atoms with Gasteiger partial charge in [-0.3, -0.25) is 5.10 Å². The van der Waals surface area contributed by atoms with E-state index in [1.807, 2.05) is 30.3 Å². The lowest BCUT2D eigenvalue weighted by Gasteiger charge is -2.20. The van der Waals surface area contributed by atoms with Gasteiger partial charge in [0, 0.05) is 19.1 Å². The highest BCUT2D eigenvalue weighted by Gasteiger charge is 2.27. The summed E-state index contributed by atoms with van der Waals surface area (Å²) < 4.78 is 10.5. The second kappa shape index (κ2) is 7.83. The fourth-order valence-electron chi connectivity index (χ4n) is 2.65. The molecule has 7 heteroatoms. The van der Waals surface area contributed by atoms with Crippen molar-refractivity contribution < 1.29 is 14.3 Å². The fourth-order valence-corrected chi connectivity index (χ4v) is 2.65. The van der Waals surface area contributed by atoms with Crippen LogP contribution in [-0.2, 0) is 9.47 Å². The maximum atomic E-state index is 12.2. The minimum absolute atomic E-state index is 0.197. The van der Waals surface area contributed by atoms with Gasteiger partial charge in [-0.05, 0) is 31.9 Å². The first-order valence-electron chi connectivity index (χ1n) is 8.09. The van der Waals surface area contributed by atoms with Crippen molar-refractivity contribution in [1.29, 1.82) is 0 Å². The first-order chi connectivity index (χ1) is 11.8. The Balaban J connectivity index is 1.94. The van der Waals surface area contributed by atoms with Crippen LogP contribution < -0.4 is 0 Å². The number of rotatable bonds is 5. The zero-order chi connectivity index (χ0) is 16.8. The maximum absolute atomic E-state index is 12.2. The molecule has 126 valence electrons. The zero-order valence-electron chi connectivity index (χ0n) is 13.6. The van der Waals surface area contributed by atoms with E-state index < -0.39 is 5.97 Å². The maximum Gasteiger partial charge on any atom is 0.358 e. The van der Waals surface area contributed by atoms with Crippen LogP contribution in [0.15, 0.2) is 40.6 Å². The molecular weight excluding hydrogens is 308 g/mol. The van der Waals surface area contributed by atoms with E-state index in [4.69, 9.17) is 9.47 Å². The third kappa shape index (κ3) is 3.68. The lowest BCUT2D eigenvalue weighted by atomic mass is 9.95. The van der Waals surface area contributed by atoms with Gasteiger partial charge < -0.3 is 9.47 Å². The molecule has 1 fully saturated rings. The number of benzene rings is 1. The molecule has 2 heterocycles. The standard InChI is InChI=1S/C17H20N4O3/c1-2-24-17(22)16-15(20-18-13-6-4-3-5-7-13)14(19-21-16)12-8-10-23-11-9-12/h3-7,12H,2,8-11H2,1H3,(H,19,21). The van der Waals surface area contributed by atoms with Crippen molar-refractivity contribution in [2.45, 2.75) is 25.7 Å². The van der Waals surface area contributed by atoms with Gasteiger partial charge in [0.2, 0.25) is 0 Å². The van der Waals surface area contributed by atoms with Gasteiger partial charge in [0.05, 0.1) is 18.0 Å². The predicted molar refractivity (Wildman–Crippen MR) is 88.0 cm³/mol. The number of ether oxygens (including phenoxy) is 2. The molecule has 3 rings (SSSR count). The number of nitrogens with one attached hydrogen (secondary N) is 1. The first-order valence-corrected chi connectivity index (χ1v) is 8.09. The molecule has 1 aromatic carbocycles. The van der Waals surface area contributed by atoms with Crippen LogP contribution in [0.3, 0.4) is 0 Å². The number of hydrogen-bond donors (Lipinski definition) is 1. The van der Waals surface area contributed by atoms with Crippen LogP contribution in [0.4, 0.5) is 11.4 Å². The molecule has 0 aliphatic carbocycles. The Hall–Kier alpha value is -2.54. The second-order valence-corrected chi connectivity index (χ2v) is 5.48. The van der Waals surface area contributed by atoms with Crippen LogP contribution in [0, 0.1) is 0 Å². The number of hydrogen-bond acceptors (Lipinski definition) is 6. The number of esters is 1. The van der Waals surface area contributed by atoms with Crippen LogP contribution in [0.5, 0.6) is 0 Å². The van der Waals surface area contributed by atoms with Crippen LogP contribution in [0.2, 0.25) is 0 Å². The van der Waals surface area contributed by atoms with Crippen molar-refractivity contribution in [3.05, 3.63) is 41.7 Å². The van der Waals surface area contributed by atoms with E-state index in [-0.39, 0.29) is 11.6 Å². The summed E-state index contributed by atoms with van der Waals surface area (Å²) in [6.07, 6.45) is 1.70. The van der Waals surface area contributed by atoms with Crippen LogP contribution >= 0.6 is 0 Å². The molecule has 1 N–H and O–H groups in total. The quantitative estimate of drug-likeness (QED) is 0.666. The average molecular weight is 328 g/mol. The van der Waals surface area contributed by atoms with E-state index in [0.717, 1.165) is 18.5 Å². The van der Waals surface area contributed by atoms with Crippen LogP contribution in [0.25, 0.3) is 0 Å². The Morgan fingerprint density at radius 3 is 2.75 bits per heavy atom. The first kappa shape index (κ1) is 16.3. The van der Waals surface area contributed by atoms with Crippen molar-refractivity contribution in [3.8, 4) is 0 Å². The highest BCUT2D eigenvalue weighted by Crippen LogP contribution is 2.35. The largest absolute Gasteiger partial charge is 0.461 e. The van der Waals surface area contributed by atoms with Gasteiger partial charge in [-0.15, -0.1) is 5.11 Å². The molecule has 0 saturated carbocycles. The predicted octanol–water partition coefficient (Wildman–Crippen LogP) is 3.90. The minimum Gasteiger partial charge on any atom is -0.461 e. The van der Waals surface area contributed by atoms with E-state index in [1.165, 1.54) is 0 Å². The van der Waals surface area contributed by atoms with Crippen LogP contribution in [0.1, 0.15) is 41.9 Å². The number of carbonyl (C=O) groups is 1. The molecule has 0 unspecified atom stereocenters. The molecule has 0 bridgehead atoms. The molecule has 24 heavy (non-hydrogen) atoms. The number of aromatic amines is 1. The van der Waals surface area contributed by atoms with Gasteiger partial charge in [0.15, 0.2) is 5.69 Å². The molecule has 1 saturated heterocycles. The summed E-state index contributed by atoms with van der Waals surface area (Å²) in [6.45, 7) is 3.42. The van der Waals surface area contributed by atoms with Gasteiger partial charge in [-0.25, -0.2) is 4.79 Å². The Morgan fingerprint density at radius 2 is 2.04 bits per heavy atom. The second-order valence-electron chi connectivity index (χ2n) is 5.48. The monoisotopic (exact) mass is 328 g/mol. The number of carbonyl (C=O) groups excluding carboxylic acids is 1. The Morgan fingerprint density at radius 1 is 1.29 bits per heavy atom. The summed E-state index contributed by atoms with van der Waals surface area (Å²) in [4.78, 5) is 12.2. The van der Waals surface area contributed by atoms with Gasteiger partial charge in [0.1, 0.15) is 5.69 Å². The van der Waals surface area contributed by atoms with Gasteiger partial charge in [-0.1, -0.05) is 18.2 Å².